The normalized spacial score (nSPS) is 22.4. The third-order valence-electron chi connectivity index (χ3n) is 7.13. The van der Waals surface area contributed by atoms with E-state index >= 15 is 0 Å². The highest BCUT2D eigenvalue weighted by atomic mass is 16.1. The second-order valence-corrected chi connectivity index (χ2v) is 10.2. The molecule has 3 atom stereocenters. The molecule has 0 aliphatic carbocycles. The second-order valence-electron chi connectivity index (χ2n) is 10.2. The molecule has 0 amide bonds. The van der Waals surface area contributed by atoms with Gasteiger partial charge in [-0.3, -0.25) is 9.20 Å². The third-order valence-corrected chi connectivity index (χ3v) is 7.13. The van der Waals surface area contributed by atoms with Gasteiger partial charge >= 0.3 is 0 Å². The summed E-state index contributed by atoms with van der Waals surface area (Å²) in [6.45, 7) is 20.9. The summed E-state index contributed by atoms with van der Waals surface area (Å²) in [5.41, 5.74) is 6.85. The van der Waals surface area contributed by atoms with E-state index in [2.05, 4.69) is 57.5 Å². The van der Waals surface area contributed by atoms with E-state index in [1.165, 1.54) is 5.57 Å². The van der Waals surface area contributed by atoms with Crippen LogP contribution >= 0.6 is 0 Å². The van der Waals surface area contributed by atoms with Crippen molar-refractivity contribution in [3.8, 4) is 0 Å². The van der Waals surface area contributed by atoms with Gasteiger partial charge in [-0.15, -0.1) is 0 Å². The fourth-order valence-corrected chi connectivity index (χ4v) is 4.74. The molecule has 4 heterocycles. The number of hydrazone groups is 1. The van der Waals surface area contributed by atoms with E-state index in [0.717, 1.165) is 42.0 Å². The Kier molecular flexibility index (Phi) is 6.99. The number of piperazine rings is 1. The SMILES string of the molecule is C=C1C(C)=CC(c2cc(=O)n3cc(N4C[C@@H](C)N[C@@H](C)C4)cc(C)c3n2)=NN1/C=C(/C)C(C)CC. The molecule has 1 fully saturated rings. The Bertz CT molecular complexity index is 1290. The first-order valence-corrected chi connectivity index (χ1v) is 12.6. The van der Waals surface area contributed by atoms with Crippen LogP contribution in [0.3, 0.4) is 0 Å². The monoisotopic (exact) mass is 474 g/mol. The average Bonchev–Trinajstić information content (AvgIpc) is 2.80. The van der Waals surface area contributed by atoms with Gasteiger partial charge in [-0.25, -0.2) is 9.99 Å². The van der Waals surface area contributed by atoms with E-state index in [-0.39, 0.29) is 5.56 Å². The molecule has 1 N–H and O–H groups in total. The minimum absolute atomic E-state index is 0.109. The minimum Gasteiger partial charge on any atom is -0.367 e. The molecule has 186 valence electrons. The highest BCUT2D eigenvalue weighted by Crippen LogP contribution is 2.25. The number of rotatable bonds is 5. The Balaban J connectivity index is 1.75. The number of hydrogen-bond acceptors (Lipinski definition) is 6. The quantitative estimate of drug-likeness (QED) is 0.685. The van der Waals surface area contributed by atoms with Gasteiger partial charge in [-0.1, -0.05) is 26.0 Å². The van der Waals surface area contributed by atoms with Gasteiger partial charge in [0.1, 0.15) is 11.4 Å². The van der Waals surface area contributed by atoms with Crippen molar-refractivity contribution in [1.82, 2.24) is 19.7 Å². The van der Waals surface area contributed by atoms with Gasteiger partial charge in [0.2, 0.25) is 0 Å². The van der Waals surface area contributed by atoms with Crippen LogP contribution < -0.4 is 15.8 Å². The molecule has 2 aliphatic heterocycles. The smallest absolute Gasteiger partial charge is 0.258 e. The van der Waals surface area contributed by atoms with Crippen LogP contribution in [-0.4, -0.2) is 45.3 Å². The van der Waals surface area contributed by atoms with Gasteiger partial charge in [0.25, 0.3) is 5.56 Å². The van der Waals surface area contributed by atoms with Crippen molar-refractivity contribution < 1.29 is 0 Å². The Hall–Kier alpha value is -3.19. The van der Waals surface area contributed by atoms with E-state index in [9.17, 15) is 4.79 Å². The van der Waals surface area contributed by atoms with Crippen LogP contribution in [0.4, 0.5) is 5.69 Å². The lowest BCUT2D eigenvalue weighted by atomic mass is 10.0. The van der Waals surface area contributed by atoms with Crippen LogP contribution in [0.25, 0.3) is 5.65 Å². The van der Waals surface area contributed by atoms with Crippen LogP contribution in [0, 0.1) is 12.8 Å². The van der Waals surface area contributed by atoms with Crippen LogP contribution in [-0.2, 0) is 0 Å². The number of fused-ring (bicyclic) bond motifs is 1. The van der Waals surface area contributed by atoms with Crippen molar-refractivity contribution in [3.63, 3.8) is 0 Å². The maximum atomic E-state index is 13.3. The Morgan fingerprint density at radius 1 is 1.26 bits per heavy atom. The van der Waals surface area contributed by atoms with Crippen molar-refractivity contribution in [2.45, 2.75) is 67.0 Å². The number of aromatic nitrogens is 2. The average molecular weight is 475 g/mol. The standard InChI is InChI=1S/C28H38N6O/c1-9-17(2)20(5)13-34-23(8)18(3)11-26(31-34)25-12-27(35)33-16-24(10-19(4)28(33)30-25)32-14-21(6)29-22(7)15-32/h10-13,16-17,21-22,29H,8-9,14-15H2,1-7H3/b20-13-/t17?,21-,22+. The number of allylic oxidation sites excluding steroid dienone is 3. The molecule has 2 aromatic heterocycles. The van der Waals surface area contributed by atoms with Crippen molar-refractivity contribution in [2.75, 3.05) is 18.0 Å². The van der Waals surface area contributed by atoms with Gasteiger partial charge in [-0.05, 0) is 70.2 Å². The van der Waals surface area contributed by atoms with Crippen LogP contribution in [0.15, 0.2) is 63.9 Å². The number of aryl methyl sites for hydroxylation is 1. The molecule has 0 bridgehead atoms. The van der Waals surface area contributed by atoms with Crippen molar-refractivity contribution in [3.05, 3.63) is 75.6 Å². The predicted molar refractivity (Wildman–Crippen MR) is 145 cm³/mol. The Morgan fingerprint density at radius 3 is 2.60 bits per heavy atom. The molecular weight excluding hydrogens is 436 g/mol. The molecule has 2 aliphatic rings. The number of hydrogen-bond donors (Lipinski definition) is 1. The fraction of sp³-hybridized carbons (Fsp3) is 0.464. The Labute approximate surface area is 208 Å². The number of nitrogens with one attached hydrogen (secondary N) is 1. The summed E-state index contributed by atoms with van der Waals surface area (Å²) in [6, 6.07) is 4.50. The minimum atomic E-state index is -0.109. The third kappa shape index (κ3) is 5.10. The highest BCUT2D eigenvalue weighted by Gasteiger charge is 2.23. The zero-order valence-electron chi connectivity index (χ0n) is 22.1. The molecule has 1 unspecified atom stereocenters. The van der Waals surface area contributed by atoms with Crippen LogP contribution in [0.5, 0.6) is 0 Å². The topological polar surface area (TPSA) is 65.2 Å². The van der Waals surface area contributed by atoms with Gasteiger partial charge in [0.15, 0.2) is 0 Å². The molecule has 0 saturated carbocycles. The molecule has 0 aromatic carbocycles. The van der Waals surface area contributed by atoms with Crippen molar-refractivity contribution in [1.29, 1.82) is 0 Å². The van der Waals surface area contributed by atoms with E-state index in [4.69, 9.17) is 10.1 Å². The lowest BCUT2D eigenvalue weighted by Gasteiger charge is -2.37. The molecule has 35 heavy (non-hydrogen) atoms. The lowest BCUT2D eigenvalue weighted by Crippen LogP contribution is -2.54. The molecule has 0 radical (unpaired) electrons. The van der Waals surface area contributed by atoms with Gasteiger partial charge in [0.05, 0.1) is 17.1 Å². The summed E-state index contributed by atoms with van der Waals surface area (Å²) in [7, 11) is 0. The molecule has 7 heteroatoms. The van der Waals surface area contributed by atoms with Crippen LogP contribution in [0.1, 0.15) is 59.2 Å². The number of pyridine rings is 1. The van der Waals surface area contributed by atoms with Crippen LogP contribution in [0.2, 0.25) is 0 Å². The molecule has 2 aromatic rings. The molecule has 7 nitrogen and oxygen atoms in total. The zero-order valence-corrected chi connectivity index (χ0v) is 22.1. The molecule has 1 saturated heterocycles. The predicted octanol–water partition coefficient (Wildman–Crippen LogP) is 4.62. The van der Waals surface area contributed by atoms with E-state index in [0.29, 0.717) is 35.1 Å². The first-order chi connectivity index (χ1) is 16.6. The Morgan fingerprint density at radius 2 is 1.94 bits per heavy atom. The van der Waals surface area contributed by atoms with E-state index in [1.54, 1.807) is 10.5 Å². The number of anilines is 1. The lowest BCUT2D eigenvalue weighted by molar-refractivity contribution is 0.406. The van der Waals surface area contributed by atoms with Gasteiger partial charge < -0.3 is 10.2 Å². The maximum Gasteiger partial charge on any atom is 0.258 e. The molecular formula is C28H38N6O. The van der Waals surface area contributed by atoms with Crippen molar-refractivity contribution >= 4 is 17.0 Å². The largest absolute Gasteiger partial charge is 0.367 e. The summed E-state index contributed by atoms with van der Waals surface area (Å²) in [5, 5.41) is 10.2. The summed E-state index contributed by atoms with van der Waals surface area (Å²) >= 11 is 0. The summed E-state index contributed by atoms with van der Waals surface area (Å²) in [4.78, 5) is 20.5. The summed E-state index contributed by atoms with van der Waals surface area (Å²) in [5.74, 6) is 0.453. The van der Waals surface area contributed by atoms with E-state index < -0.39 is 0 Å². The first kappa shape index (κ1) is 24.9. The number of nitrogens with zero attached hydrogens (tertiary/aromatic N) is 5. The summed E-state index contributed by atoms with van der Waals surface area (Å²) < 4.78 is 1.66. The van der Waals surface area contributed by atoms with Gasteiger partial charge in [0, 0.05) is 43.6 Å². The summed E-state index contributed by atoms with van der Waals surface area (Å²) in [6.07, 6.45) is 6.97. The fourth-order valence-electron chi connectivity index (χ4n) is 4.74. The van der Waals surface area contributed by atoms with Gasteiger partial charge in [-0.2, -0.15) is 5.10 Å². The first-order valence-electron chi connectivity index (χ1n) is 12.6. The maximum absolute atomic E-state index is 13.3. The zero-order chi connectivity index (χ0) is 25.4. The van der Waals surface area contributed by atoms with Crippen molar-refractivity contribution in [2.24, 2.45) is 11.0 Å². The highest BCUT2D eigenvalue weighted by molar-refractivity contribution is 6.08. The molecule has 4 rings (SSSR count). The van der Waals surface area contributed by atoms with E-state index in [1.807, 2.05) is 37.3 Å². The second kappa shape index (κ2) is 9.82. The molecule has 0 spiro atoms.